The molecule has 0 heterocycles. The topological polar surface area (TPSA) is 60.7 Å². The fraction of sp³-hybridized carbons (Fsp3) is 0.250. The lowest BCUT2D eigenvalue weighted by Gasteiger charge is -2.27. The summed E-state index contributed by atoms with van der Waals surface area (Å²) in [6.07, 6.45) is 0. The zero-order valence-electron chi connectivity index (χ0n) is 11.3. The average Bonchev–Trinajstić information content (AvgIpc) is 2.34. The van der Waals surface area contributed by atoms with Gasteiger partial charge in [0.05, 0.1) is 0 Å². The van der Waals surface area contributed by atoms with Crippen molar-refractivity contribution in [3.05, 3.63) is 53.1 Å². The molecule has 0 aromatic heterocycles. The van der Waals surface area contributed by atoms with Gasteiger partial charge in [-0.25, -0.2) is 0 Å². The van der Waals surface area contributed by atoms with Crippen molar-refractivity contribution in [2.75, 3.05) is 0 Å². The summed E-state index contributed by atoms with van der Waals surface area (Å²) in [5, 5.41) is 29.3. The molecule has 0 spiro atoms. The second kappa shape index (κ2) is 4.50. The predicted octanol–water partition coefficient (Wildman–Crippen LogP) is 3.44. The lowest BCUT2D eigenvalue weighted by molar-refractivity contribution is 0.438. The Kier molecular flexibility index (Phi) is 3.14. The van der Waals surface area contributed by atoms with E-state index in [1.54, 1.807) is 31.2 Å². The van der Waals surface area contributed by atoms with E-state index in [0.29, 0.717) is 11.1 Å². The standard InChI is InChI=1S/C16H18O3/c1-10-8-15(19)13(9-14(10)18)16(2,3)11-4-6-12(17)7-5-11/h4-9,17-19H,1-3H3. The van der Waals surface area contributed by atoms with Crippen LogP contribution in [-0.4, -0.2) is 15.3 Å². The van der Waals surface area contributed by atoms with Gasteiger partial charge in [0.2, 0.25) is 0 Å². The van der Waals surface area contributed by atoms with Crippen molar-refractivity contribution in [3.8, 4) is 17.2 Å². The highest BCUT2D eigenvalue weighted by atomic mass is 16.3. The molecule has 3 nitrogen and oxygen atoms in total. The molecule has 2 rings (SSSR count). The van der Waals surface area contributed by atoms with Crippen LogP contribution in [0.5, 0.6) is 17.2 Å². The summed E-state index contributed by atoms with van der Waals surface area (Å²) < 4.78 is 0. The second-order valence-corrected chi connectivity index (χ2v) is 5.33. The number of aromatic hydroxyl groups is 3. The SMILES string of the molecule is Cc1cc(O)c(C(C)(C)c2ccc(O)cc2)cc1O. The second-order valence-electron chi connectivity index (χ2n) is 5.33. The molecule has 0 aliphatic carbocycles. The monoisotopic (exact) mass is 258 g/mol. The molecule has 0 saturated heterocycles. The maximum Gasteiger partial charge on any atom is 0.120 e. The molecule has 0 bridgehead atoms. The Labute approximate surface area is 112 Å². The van der Waals surface area contributed by atoms with E-state index >= 15 is 0 Å². The van der Waals surface area contributed by atoms with Crippen LogP contribution in [0.3, 0.4) is 0 Å². The molecule has 0 saturated carbocycles. The van der Waals surface area contributed by atoms with Crippen LogP contribution in [0.1, 0.15) is 30.5 Å². The fourth-order valence-corrected chi connectivity index (χ4v) is 2.22. The van der Waals surface area contributed by atoms with Gasteiger partial charge < -0.3 is 15.3 Å². The van der Waals surface area contributed by atoms with Crippen molar-refractivity contribution < 1.29 is 15.3 Å². The zero-order valence-corrected chi connectivity index (χ0v) is 11.3. The summed E-state index contributed by atoms with van der Waals surface area (Å²) in [4.78, 5) is 0. The van der Waals surface area contributed by atoms with Gasteiger partial charge >= 0.3 is 0 Å². The van der Waals surface area contributed by atoms with E-state index < -0.39 is 5.41 Å². The molecule has 2 aromatic carbocycles. The van der Waals surface area contributed by atoms with Gasteiger partial charge in [0.1, 0.15) is 17.2 Å². The van der Waals surface area contributed by atoms with Crippen LogP contribution in [0.2, 0.25) is 0 Å². The number of hydrogen-bond donors (Lipinski definition) is 3. The third-order valence-corrected chi connectivity index (χ3v) is 3.58. The van der Waals surface area contributed by atoms with Crippen LogP contribution < -0.4 is 0 Å². The summed E-state index contributed by atoms with van der Waals surface area (Å²) in [7, 11) is 0. The molecule has 3 heteroatoms. The highest BCUT2D eigenvalue weighted by Crippen LogP contribution is 2.40. The van der Waals surface area contributed by atoms with E-state index in [0.717, 1.165) is 5.56 Å². The van der Waals surface area contributed by atoms with E-state index in [4.69, 9.17) is 0 Å². The maximum atomic E-state index is 10.1. The largest absolute Gasteiger partial charge is 0.508 e. The first-order valence-corrected chi connectivity index (χ1v) is 6.15. The van der Waals surface area contributed by atoms with E-state index in [1.165, 1.54) is 0 Å². The summed E-state index contributed by atoms with van der Waals surface area (Å²) in [6.45, 7) is 5.67. The molecular weight excluding hydrogens is 240 g/mol. The van der Waals surface area contributed by atoms with Crippen molar-refractivity contribution in [1.29, 1.82) is 0 Å². The average molecular weight is 258 g/mol. The minimum Gasteiger partial charge on any atom is -0.508 e. The molecule has 3 N–H and O–H groups in total. The third kappa shape index (κ3) is 2.36. The molecule has 19 heavy (non-hydrogen) atoms. The zero-order chi connectivity index (χ0) is 14.2. The van der Waals surface area contributed by atoms with Crippen molar-refractivity contribution in [2.24, 2.45) is 0 Å². The smallest absolute Gasteiger partial charge is 0.120 e. The molecular formula is C16H18O3. The van der Waals surface area contributed by atoms with Crippen LogP contribution in [0.25, 0.3) is 0 Å². The van der Waals surface area contributed by atoms with Crippen molar-refractivity contribution in [3.63, 3.8) is 0 Å². The molecule has 0 amide bonds. The van der Waals surface area contributed by atoms with Crippen LogP contribution in [0, 0.1) is 6.92 Å². The van der Waals surface area contributed by atoms with E-state index in [9.17, 15) is 15.3 Å². The number of phenolic OH excluding ortho intramolecular Hbond substituents is 3. The quantitative estimate of drug-likeness (QED) is 0.723. The minimum atomic E-state index is -0.469. The Morgan fingerprint density at radius 1 is 0.842 bits per heavy atom. The third-order valence-electron chi connectivity index (χ3n) is 3.58. The van der Waals surface area contributed by atoms with Crippen LogP contribution in [0.15, 0.2) is 36.4 Å². The Hall–Kier alpha value is -2.16. The van der Waals surface area contributed by atoms with Gasteiger partial charge in [-0.2, -0.15) is 0 Å². The van der Waals surface area contributed by atoms with Gasteiger partial charge in [-0.1, -0.05) is 26.0 Å². The summed E-state index contributed by atoms with van der Waals surface area (Å²) in [6, 6.07) is 10.0. The first-order chi connectivity index (χ1) is 8.82. The molecule has 0 aliphatic rings. The summed E-state index contributed by atoms with van der Waals surface area (Å²) in [5.74, 6) is 0.531. The van der Waals surface area contributed by atoms with Gasteiger partial charge in [-0.15, -0.1) is 0 Å². The number of aryl methyl sites for hydroxylation is 1. The fourth-order valence-electron chi connectivity index (χ4n) is 2.22. The highest BCUT2D eigenvalue weighted by molar-refractivity contribution is 5.51. The number of rotatable bonds is 2. The van der Waals surface area contributed by atoms with Crippen LogP contribution in [0.4, 0.5) is 0 Å². The predicted molar refractivity (Wildman–Crippen MR) is 74.7 cm³/mol. The number of benzene rings is 2. The van der Waals surface area contributed by atoms with E-state index in [1.807, 2.05) is 26.0 Å². The molecule has 0 fully saturated rings. The van der Waals surface area contributed by atoms with Crippen molar-refractivity contribution in [2.45, 2.75) is 26.2 Å². The van der Waals surface area contributed by atoms with E-state index in [2.05, 4.69) is 0 Å². The summed E-state index contributed by atoms with van der Waals surface area (Å²) >= 11 is 0. The lowest BCUT2D eigenvalue weighted by Crippen LogP contribution is -2.19. The number of phenols is 3. The lowest BCUT2D eigenvalue weighted by atomic mass is 9.77. The van der Waals surface area contributed by atoms with Crippen LogP contribution >= 0.6 is 0 Å². The highest BCUT2D eigenvalue weighted by Gasteiger charge is 2.27. The Balaban J connectivity index is 2.55. The Morgan fingerprint density at radius 3 is 2.00 bits per heavy atom. The van der Waals surface area contributed by atoms with Crippen molar-refractivity contribution >= 4 is 0 Å². The molecule has 0 aliphatic heterocycles. The Morgan fingerprint density at radius 2 is 1.42 bits per heavy atom. The van der Waals surface area contributed by atoms with Gasteiger partial charge in [-0.05, 0) is 42.3 Å². The maximum absolute atomic E-state index is 10.1. The van der Waals surface area contributed by atoms with Crippen molar-refractivity contribution in [1.82, 2.24) is 0 Å². The minimum absolute atomic E-state index is 0.161. The van der Waals surface area contributed by atoms with E-state index in [-0.39, 0.29) is 17.2 Å². The van der Waals surface area contributed by atoms with Gasteiger partial charge in [0.15, 0.2) is 0 Å². The van der Waals surface area contributed by atoms with Crippen LogP contribution in [-0.2, 0) is 5.41 Å². The first kappa shape index (κ1) is 13.3. The molecule has 0 unspecified atom stereocenters. The van der Waals surface area contributed by atoms with Gasteiger partial charge in [-0.3, -0.25) is 0 Å². The van der Waals surface area contributed by atoms with Gasteiger partial charge in [0.25, 0.3) is 0 Å². The normalized spacial score (nSPS) is 11.5. The van der Waals surface area contributed by atoms with Gasteiger partial charge in [0, 0.05) is 11.0 Å². The molecule has 100 valence electrons. The Bertz CT molecular complexity index is 598. The molecule has 0 radical (unpaired) electrons. The molecule has 0 atom stereocenters. The first-order valence-electron chi connectivity index (χ1n) is 6.15. The summed E-state index contributed by atoms with van der Waals surface area (Å²) in [5.41, 5.74) is 1.77. The molecule has 2 aromatic rings. The number of hydrogen-bond acceptors (Lipinski definition) is 3.